The molecule has 0 unspecified atom stereocenters. The quantitative estimate of drug-likeness (QED) is 0.769. The zero-order valence-corrected chi connectivity index (χ0v) is 14.2. The Morgan fingerprint density at radius 2 is 1.58 bits per heavy atom. The second-order valence-corrected chi connectivity index (χ2v) is 6.05. The third-order valence-corrected chi connectivity index (χ3v) is 3.58. The molecule has 2 aromatic carbocycles. The molecule has 0 saturated carbocycles. The fourth-order valence-electron chi connectivity index (χ4n) is 2.39. The highest BCUT2D eigenvalue weighted by Gasteiger charge is 2.10. The predicted octanol–water partition coefficient (Wildman–Crippen LogP) is 3.19. The van der Waals surface area contributed by atoms with Crippen LogP contribution < -0.4 is 10.6 Å². The van der Waals surface area contributed by atoms with Crippen LogP contribution in [0.25, 0.3) is 0 Å². The molecule has 2 aromatic rings. The molecule has 0 bridgehead atoms. The van der Waals surface area contributed by atoms with Crippen LogP contribution in [0, 0.1) is 0 Å². The van der Waals surface area contributed by atoms with Gasteiger partial charge in [-0.2, -0.15) is 0 Å². The van der Waals surface area contributed by atoms with E-state index in [1.807, 2.05) is 32.0 Å². The molecular formula is C20H24N2O2. The molecular weight excluding hydrogens is 300 g/mol. The molecule has 4 nitrogen and oxygen atoms in total. The molecule has 0 radical (unpaired) electrons. The first-order valence-corrected chi connectivity index (χ1v) is 8.29. The van der Waals surface area contributed by atoms with E-state index in [9.17, 15) is 9.59 Å². The van der Waals surface area contributed by atoms with Crippen LogP contribution in [0.2, 0.25) is 0 Å². The van der Waals surface area contributed by atoms with Gasteiger partial charge in [-0.3, -0.25) is 9.59 Å². The van der Waals surface area contributed by atoms with Crippen molar-refractivity contribution in [3.05, 3.63) is 71.3 Å². The fraction of sp³-hybridized carbons (Fsp3) is 0.300. The van der Waals surface area contributed by atoms with E-state index < -0.39 is 0 Å². The first-order valence-electron chi connectivity index (χ1n) is 8.29. The van der Waals surface area contributed by atoms with Crippen LogP contribution in [-0.2, 0) is 6.42 Å². The van der Waals surface area contributed by atoms with Gasteiger partial charge in [0.2, 0.25) is 0 Å². The van der Waals surface area contributed by atoms with Crippen LogP contribution in [0.5, 0.6) is 0 Å². The van der Waals surface area contributed by atoms with Crippen molar-refractivity contribution in [1.82, 2.24) is 10.6 Å². The van der Waals surface area contributed by atoms with E-state index in [1.54, 1.807) is 24.3 Å². The second-order valence-electron chi connectivity index (χ2n) is 6.05. The lowest BCUT2D eigenvalue weighted by Gasteiger charge is -2.10. The monoisotopic (exact) mass is 324 g/mol. The van der Waals surface area contributed by atoms with Crippen LogP contribution in [0.3, 0.4) is 0 Å². The van der Waals surface area contributed by atoms with Crippen molar-refractivity contribution < 1.29 is 9.59 Å². The maximum Gasteiger partial charge on any atom is 0.251 e. The summed E-state index contributed by atoms with van der Waals surface area (Å²) < 4.78 is 0. The zero-order chi connectivity index (χ0) is 17.4. The second kappa shape index (κ2) is 8.87. The van der Waals surface area contributed by atoms with E-state index in [2.05, 4.69) is 22.8 Å². The van der Waals surface area contributed by atoms with Crippen LogP contribution in [-0.4, -0.2) is 24.4 Å². The average molecular weight is 324 g/mol. The van der Waals surface area contributed by atoms with Crippen molar-refractivity contribution >= 4 is 11.8 Å². The smallest absolute Gasteiger partial charge is 0.251 e. The molecule has 24 heavy (non-hydrogen) atoms. The minimum Gasteiger partial charge on any atom is -0.352 e. The first kappa shape index (κ1) is 17.7. The number of hydrogen-bond acceptors (Lipinski definition) is 2. The molecule has 2 amide bonds. The van der Waals surface area contributed by atoms with E-state index in [-0.39, 0.29) is 17.9 Å². The summed E-state index contributed by atoms with van der Waals surface area (Å²) in [6.07, 6.45) is 1.81. The van der Waals surface area contributed by atoms with Gasteiger partial charge in [-0.1, -0.05) is 36.4 Å². The van der Waals surface area contributed by atoms with Crippen molar-refractivity contribution in [1.29, 1.82) is 0 Å². The number of hydrogen-bond donors (Lipinski definition) is 2. The highest BCUT2D eigenvalue weighted by atomic mass is 16.2. The van der Waals surface area contributed by atoms with E-state index in [1.165, 1.54) is 5.56 Å². The Kier molecular flexibility index (Phi) is 6.55. The Bertz CT molecular complexity index is 681. The summed E-state index contributed by atoms with van der Waals surface area (Å²) in [5, 5.41) is 5.73. The summed E-state index contributed by atoms with van der Waals surface area (Å²) in [4.78, 5) is 24.2. The highest BCUT2D eigenvalue weighted by molar-refractivity contribution is 5.99. The molecule has 4 heteroatoms. The molecule has 2 rings (SSSR count). The molecule has 0 atom stereocenters. The Balaban J connectivity index is 1.85. The summed E-state index contributed by atoms with van der Waals surface area (Å²) in [6.45, 7) is 4.42. The number of amides is 2. The number of rotatable bonds is 7. The summed E-state index contributed by atoms with van der Waals surface area (Å²) in [5.74, 6) is -0.314. The molecule has 0 aliphatic heterocycles. The number of carbonyl (C=O) groups excluding carboxylic acids is 2. The van der Waals surface area contributed by atoms with Gasteiger partial charge in [0.1, 0.15) is 0 Å². The minimum absolute atomic E-state index is 0.0629. The van der Waals surface area contributed by atoms with E-state index in [4.69, 9.17) is 0 Å². The summed E-state index contributed by atoms with van der Waals surface area (Å²) in [7, 11) is 0. The van der Waals surface area contributed by atoms with Crippen molar-refractivity contribution in [3.63, 3.8) is 0 Å². The molecule has 0 saturated heterocycles. The van der Waals surface area contributed by atoms with E-state index in [0.717, 1.165) is 12.8 Å². The van der Waals surface area contributed by atoms with Gasteiger partial charge in [-0.05, 0) is 50.5 Å². The lowest BCUT2D eigenvalue weighted by molar-refractivity contribution is 0.0943. The Labute approximate surface area is 143 Å². The zero-order valence-electron chi connectivity index (χ0n) is 14.2. The van der Waals surface area contributed by atoms with Gasteiger partial charge in [-0.15, -0.1) is 0 Å². The van der Waals surface area contributed by atoms with Gasteiger partial charge in [0, 0.05) is 23.7 Å². The Morgan fingerprint density at radius 3 is 2.25 bits per heavy atom. The van der Waals surface area contributed by atoms with E-state index in [0.29, 0.717) is 17.7 Å². The topological polar surface area (TPSA) is 58.2 Å². The molecule has 0 aromatic heterocycles. The lowest BCUT2D eigenvalue weighted by atomic mass is 10.1. The number of nitrogens with one attached hydrogen (secondary N) is 2. The Hall–Kier alpha value is -2.62. The maximum absolute atomic E-state index is 12.2. The number of carbonyl (C=O) groups is 2. The van der Waals surface area contributed by atoms with Gasteiger partial charge in [0.25, 0.3) is 11.8 Å². The van der Waals surface area contributed by atoms with Gasteiger partial charge in [0.05, 0.1) is 0 Å². The van der Waals surface area contributed by atoms with E-state index >= 15 is 0 Å². The third-order valence-electron chi connectivity index (χ3n) is 3.58. The molecule has 0 aliphatic rings. The number of benzene rings is 2. The minimum atomic E-state index is -0.163. The summed E-state index contributed by atoms with van der Waals surface area (Å²) in [5.41, 5.74) is 2.27. The Morgan fingerprint density at radius 1 is 0.917 bits per heavy atom. The van der Waals surface area contributed by atoms with Crippen molar-refractivity contribution in [3.8, 4) is 0 Å². The number of aryl methyl sites for hydroxylation is 1. The SMILES string of the molecule is CC(C)NC(=O)c1cccc(C(=O)NCCCc2ccccc2)c1. The molecule has 0 fully saturated rings. The van der Waals surface area contributed by atoms with Crippen LogP contribution in [0.1, 0.15) is 46.5 Å². The van der Waals surface area contributed by atoms with Crippen LogP contribution in [0.4, 0.5) is 0 Å². The predicted molar refractivity (Wildman–Crippen MR) is 96.1 cm³/mol. The summed E-state index contributed by atoms with van der Waals surface area (Å²) >= 11 is 0. The van der Waals surface area contributed by atoms with Gasteiger partial charge >= 0.3 is 0 Å². The largest absolute Gasteiger partial charge is 0.352 e. The molecule has 0 aliphatic carbocycles. The first-order chi connectivity index (χ1) is 11.6. The fourth-order valence-corrected chi connectivity index (χ4v) is 2.39. The molecule has 0 heterocycles. The standard InChI is InChI=1S/C20H24N2O2/c1-15(2)22-20(24)18-12-6-11-17(14-18)19(23)21-13-7-10-16-8-4-3-5-9-16/h3-6,8-9,11-12,14-15H,7,10,13H2,1-2H3,(H,21,23)(H,22,24). The highest BCUT2D eigenvalue weighted by Crippen LogP contribution is 2.06. The third kappa shape index (κ3) is 5.54. The van der Waals surface area contributed by atoms with Crippen molar-refractivity contribution in [2.45, 2.75) is 32.7 Å². The molecule has 2 N–H and O–H groups in total. The molecule has 126 valence electrons. The normalized spacial score (nSPS) is 10.5. The van der Waals surface area contributed by atoms with Crippen molar-refractivity contribution in [2.75, 3.05) is 6.54 Å². The van der Waals surface area contributed by atoms with Crippen LogP contribution >= 0.6 is 0 Å². The summed E-state index contributed by atoms with van der Waals surface area (Å²) in [6, 6.07) is 17.0. The molecule has 0 spiro atoms. The average Bonchev–Trinajstić information content (AvgIpc) is 2.59. The van der Waals surface area contributed by atoms with Gasteiger partial charge in [0.15, 0.2) is 0 Å². The van der Waals surface area contributed by atoms with Crippen molar-refractivity contribution in [2.24, 2.45) is 0 Å². The van der Waals surface area contributed by atoms with Gasteiger partial charge < -0.3 is 10.6 Å². The lowest BCUT2D eigenvalue weighted by Crippen LogP contribution is -2.30. The van der Waals surface area contributed by atoms with Crippen LogP contribution in [0.15, 0.2) is 54.6 Å². The maximum atomic E-state index is 12.2. The van der Waals surface area contributed by atoms with Gasteiger partial charge in [-0.25, -0.2) is 0 Å².